The van der Waals surface area contributed by atoms with Crippen LogP contribution in [0, 0.1) is 18.8 Å². The Morgan fingerprint density at radius 2 is 1.64 bits per heavy atom. The molecule has 2 aliphatic rings. The summed E-state index contributed by atoms with van der Waals surface area (Å²) in [6.07, 6.45) is 10.6. The number of fused-ring (bicyclic) bond motifs is 2. The molecule has 1 aromatic carbocycles. The molecule has 0 N–H and O–H groups in total. The van der Waals surface area contributed by atoms with Crippen molar-refractivity contribution in [2.75, 3.05) is 0 Å². The van der Waals surface area contributed by atoms with Crippen molar-refractivity contribution in [1.82, 2.24) is 0 Å². The van der Waals surface area contributed by atoms with Gasteiger partial charge in [0.1, 0.15) is 7.05 Å². The van der Waals surface area contributed by atoms with E-state index in [1.807, 2.05) is 0 Å². The van der Waals surface area contributed by atoms with Crippen LogP contribution in [0.3, 0.4) is 0 Å². The Bertz CT molecular complexity index is 701. The molecule has 1 heteroatoms. The molecule has 114 valence electrons. The molecule has 0 bridgehead atoms. The number of aromatic nitrogens is 1. The van der Waals surface area contributed by atoms with E-state index in [-0.39, 0.29) is 0 Å². The van der Waals surface area contributed by atoms with Gasteiger partial charge in [-0.15, -0.1) is 0 Å². The zero-order valence-electron chi connectivity index (χ0n) is 13.8. The van der Waals surface area contributed by atoms with E-state index >= 15 is 0 Å². The second kappa shape index (κ2) is 5.53. The van der Waals surface area contributed by atoms with Crippen molar-refractivity contribution in [3.63, 3.8) is 0 Å². The van der Waals surface area contributed by atoms with Gasteiger partial charge in [0.2, 0.25) is 5.69 Å². The molecule has 22 heavy (non-hydrogen) atoms. The molecule has 1 aromatic heterocycles. The van der Waals surface area contributed by atoms with Crippen LogP contribution in [0.1, 0.15) is 42.4 Å². The summed E-state index contributed by atoms with van der Waals surface area (Å²) in [6.45, 7) is 2.27. The maximum absolute atomic E-state index is 2.49. The van der Waals surface area contributed by atoms with Crippen molar-refractivity contribution in [3.05, 3.63) is 53.2 Å². The van der Waals surface area contributed by atoms with Crippen molar-refractivity contribution >= 4 is 0 Å². The van der Waals surface area contributed by atoms with E-state index in [0.29, 0.717) is 0 Å². The number of aryl methyl sites for hydroxylation is 2. The Morgan fingerprint density at radius 1 is 0.955 bits per heavy atom. The van der Waals surface area contributed by atoms with Crippen molar-refractivity contribution < 1.29 is 4.57 Å². The molecule has 2 unspecified atom stereocenters. The van der Waals surface area contributed by atoms with Gasteiger partial charge in [-0.1, -0.05) is 18.9 Å². The number of benzene rings is 1. The molecule has 0 saturated heterocycles. The average Bonchev–Trinajstić information content (AvgIpc) is 2.53. The first-order chi connectivity index (χ1) is 10.7. The summed E-state index contributed by atoms with van der Waals surface area (Å²) in [4.78, 5) is 0. The quantitative estimate of drug-likeness (QED) is 0.686. The molecule has 4 rings (SSSR count). The van der Waals surface area contributed by atoms with Crippen LogP contribution in [-0.4, -0.2) is 0 Å². The SMILES string of the molecule is Cc1cc2c(cc1-c1cccc[n+]1C)CC1CCCCC1C2. The zero-order chi connectivity index (χ0) is 15.1. The van der Waals surface area contributed by atoms with Crippen LogP contribution in [0.25, 0.3) is 11.3 Å². The zero-order valence-corrected chi connectivity index (χ0v) is 13.8. The maximum atomic E-state index is 2.49. The van der Waals surface area contributed by atoms with Crippen LogP contribution < -0.4 is 4.57 Å². The lowest BCUT2D eigenvalue weighted by atomic mass is 9.68. The average molecular weight is 292 g/mol. The van der Waals surface area contributed by atoms with Crippen molar-refractivity contribution in [3.8, 4) is 11.3 Å². The molecule has 0 aliphatic heterocycles. The third-order valence-corrected chi connectivity index (χ3v) is 5.91. The Balaban J connectivity index is 1.76. The molecular weight excluding hydrogens is 266 g/mol. The monoisotopic (exact) mass is 292 g/mol. The molecule has 1 heterocycles. The highest BCUT2D eigenvalue weighted by molar-refractivity contribution is 5.63. The fourth-order valence-electron chi connectivity index (χ4n) is 4.66. The van der Waals surface area contributed by atoms with Crippen LogP contribution in [0.2, 0.25) is 0 Å². The van der Waals surface area contributed by atoms with Gasteiger partial charge in [-0.25, -0.2) is 4.57 Å². The molecular formula is C21H26N+. The van der Waals surface area contributed by atoms with E-state index in [1.54, 1.807) is 11.1 Å². The number of hydrogen-bond acceptors (Lipinski definition) is 0. The molecule has 0 amide bonds. The summed E-state index contributed by atoms with van der Waals surface area (Å²) < 4.78 is 2.24. The lowest BCUT2D eigenvalue weighted by molar-refractivity contribution is -0.660. The molecule has 1 saturated carbocycles. The molecule has 0 radical (unpaired) electrons. The van der Waals surface area contributed by atoms with Crippen molar-refractivity contribution in [2.24, 2.45) is 18.9 Å². The molecule has 2 aliphatic carbocycles. The predicted molar refractivity (Wildman–Crippen MR) is 90.6 cm³/mol. The van der Waals surface area contributed by atoms with E-state index < -0.39 is 0 Å². The Morgan fingerprint density at radius 3 is 2.32 bits per heavy atom. The Hall–Kier alpha value is -1.63. The topological polar surface area (TPSA) is 3.88 Å². The molecule has 2 aromatic rings. The normalized spacial score (nSPS) is 23.7. The smallest absolute Gasteiger partial charge is 0.201 e. The summed E-state index contributed by atoms with van der Waals surface area (Å²) in [5.41, 5.74) is 7.41. The molecule has 0 spiro atoms. The predicted octanol–water partition coefficient (Wildman–Crippen LogP) is 4.39. The van der Waals surface area contributed by atoms with Gasteiger partial charge in [0.25, 0.3) is 0 Å². The third kappa shape index (κ3) is 2.37. The summed E-state index contributed by atoms with van der Waals surface area (Å²) in [6, 6.07) is 11.4. The fraction of sp³-hybridized carbons (Fsp3) is 0.476. The van der Waals surface area contributed by atoms with Crippen LogP contribution in [-0.2, 0) is 19.9 Å². The number of nitrogens with zero attached hydrogens (tertiary/aromatic N) is 1. The van der Waals surface area contributed by atoms with Crippen molar-refractivity contribution in [1.29, 1.82) is 0 Å². The molecule has 1 fully saturated rings. The van der Waals surface area contributed by atoms with E-state index in [4.69, 9.17) is 0 Å². The van der Waals surface area contributed by atoms with Gasteiger partial charge in [0.15, 0.2) is 6.20 Å². The summed E-state index contributed by atoms with van der Waals surface area (Å²) in [5, 5.41) is 0. The minimum absolute atomic E-state index is 0.946. The van der Waals surface area contributed by atoms with Crippen molar-refractivity contribution in [2.45, 2.75) is 45.4 Å². The number of rotatable bonds is 1. The second-order valence-electron chi connectivity index (χ2n) is 7.35. The Labute approximate surface area is 134 Å². The van der Waals surface area contributed by atoms with E-state index in [2.05, 4.69) is 55.1 Å². The molecule has 2 atom stereocenters. The van der Waals surface area contributed by atoms with Gasteiger partial charge in [0, 0.05) is 17.7 Å². The summed E-state index contributed by atoms with van der Waals surface area (Å²) in [7, 11) is 2.14. The van der Waals surface area contributed by atoms with E-state index in [0.717, 1.165) is 11.8 Å². The van der Waals surface area contributed by atoms with Gasteiger partial charge < -0.3 is 0 Å². The van der Waals surface area contributed by atoms with Gasteiger partial charge >= 0.3 is 0 Å². The second-order valence-corrected chi connectivity index (χ2v) is 7.35. The lowest BCUT2D eigenvalue weighted by Crippen LogP contribution is -2.31. The number of hydrogen-bond donors (Lipinski definition) is 0. The van der Waals surface area contributed by atoms with Crippen LogP contribution in [0.15, 0.2) is 36.5 Å². The standard InChI is InChI=1S/C21H26N/c1-15-11-18-12-16-7-3-4-8-17(16)13-19(18)14-20(15)21-9-5-6-10-22(21)2/h5-6,9-11,14,16-17H,3-4,7-8,12-13H2,1-2H3/q+1. The maximum Gasteiger partial charge on any atom is 0.212 e. The first-order valence-corrected chi connectivity index (χ1v) is 8.80. The largest absolute Gasteiger partial charge is 0.212 e. The highest BCUT2D eigenvalue weighted by Crippen LogP contribution is 2.41. The van der Waals surface area contributed by atoms with E-state index in [9.17, 15) is 0 Å². The van der Waals surface area contributed by atoms with Gasteiger partial charge in [-0.3, -0.25) is 0 Å². The molecule has 1 nitrogen and oxygen atoms in total. The van der Waals surface area contributed by atoms with Gasteiger partial charge in [-0.05, 0) is 73.3 Å². The highest BCUT2D eigenvalue weighted by atomic mass is 14.9. The summed E-state index contributed by atoms with van der Waals surface area (Å²) >= 11 is 0. The van der Waals surface area contributed by atoms with E-state index in [1.165, 1.54) is 55.3 Å². The first kappa shape index (κ1) is 14.0. The van der Waals surface area contributed by atoms with Gasteiger partial charge in [0.05, 0.1) is 0 Å². The number of pyridine rings is 1. The Kier molecular flexibility index (Phi) is 3.52. The van der Waals surface area contributed by atoms with Crippen LogP contribution in [0.5, 0.6) is 0 Å². The van der Waals surface area contributed by atoms with Gasteiger partial charge in [-0.2, -0.15) is 0 Å². The minimum Gasteiger partial charge on any atom is -0.201 e. The highest BCUT2D eigenvalue weighted by Gasteiger charge is 2.31. The first-order valence-electron chi connectivity index (χ1n) is 8.80. The lowest BCUT2D eigenvalue weighted by Gasteiger charge is -2.37. The minimum atomic E-state index is 0.946. The summed E-state index contributed by atoms with van der Waals surface area (Å²) in [5.74, 6) is 1.90. The fourth-order valence-corrected chi connectivity index (χ4v) is 4.66. The third-order valence-electron chi connectivity index (χ3n) is 5.91. The van der Waals surface area contributed by atoms with Crippen LogP contribution >= 0.6 is 0 Å². The van der Waals surface area contributed by atoms with Crippen LogP contribution in [0.4, 0.5) is 0 Å².